The van der Waals surface area contributed by atoms with E-state index in [9.17, 15) is 0 Å². The molecule has 0 aromatic heterocycles. The van der Waals surface area contributed by atoms with Gasteiger partial charge in [0.2, 0.25) is 0 Å². The van der Waals surface area contributed by atoms with Crippen LogP contribution >= 0.6 is 29.1 Å². The Kier molecular flexibility index (Phi) is 3.77. The molecule has 0 aromatic carbocycles. The van der Waals surface area contributed by atoms with Gasteiger partial charge in [-0.1, -0.05) is 42.2 Å². The lowest BCUT2D eigenvalue weighted by Crippen LogP contribution is -2.13. The lowest BCUT2D eigenvalue weighted by Gasteiger charge is -2.26. The molecule has 0 aromatic rings. The average Bonchev–Trinajstić information content (AvgIpc) is 1.88. The summed E-state index contributed by atoms with van der Waals surface area (Å²) in [6, 6.07) is 0. The highest BCUT2D eigenvalue weighted by molar-refractivity contribution is 8.04. The molecule has 0 bridgehead atoms. The Labute approximate surface area is 73.6 Å². The first kappa shape index (κ1) is 9.10. The van der Waals surface area contributed by atoms with Gasteiger partial charge >= 0.3 is 0 Å². The fraction of sp³-hybridized carbons (Fsp3) is 1.00. The van der Waals surface area contributed by atoms with E-state index in [1.807, 2.05) is 0 Å². The fourth-order valence-electron chi connectivity index (χ4n) is 1.44. The molecule has 0 saturated heterocycles. The van der Waals surface area contributed by atoms with Gasteiger partial charge < -0.3 is 0 Å². The third-order valence-corrected chi connectivity index (χ3v) is 4.99. The van der Waals surface area contributed by atoms with Crippen LogP contribution in [-0.4, -0.2) is 5.66 Å². The molecule has 0 N–H and O–H groups in total. The second kappa shape index (κ2) is 4.14. The molecule has 1 aliphatic rings. The van der Waals surface area contributed by atoms with E-state index in [4.69, 9.17) is 22.5 Å². The molecule has 1 rings (SSSR count). The minimum absolute atomic E-state index is 0.634. The maximum atomic E-state index is 5.83. The highest BCUT2D eigenvalue weighted by atomic mass is 35.9. The highest BCUT2D eigenvalue weighted by Gasteiger charge is 2.22. The maximum absolute atomic E-state index is 5.83. The third kappa shape index (κ3) is 2.57. The van der Waals surface area contributed by atoms with Crippen molar-refractivity contribution >= 4 is 29.1 Å². The average molecular weight is 199 g/mol. The lowest BCUT2D eigenvalue weighted by molar-refractivity contribution is 0.392. The van der Waals surface area contributed by atoms with E-state index in [0.29, 0.717) is 5.66 Å². The molecule has 0 radical (unpaired) electrons. The molecule has 1 fully saturated rings. The second-order valence-corrected chi connectivity index (χ2v) is 7.13. The van der Waals surface area contributed by atoms with E-state index in [0.717, 1.165) is 5.92 Å². The molecule has 0 amide bonds. The summed E-state index contributed by atoms with van der Waals surface area (Å²) in [7, 11) is 0. The zero-order valence-corrected chi connectivity index (χ0v) is 8.59. The van der Waals surface area contributed by atoms with Crippen LogP contribution in [0.2, 0.25) is 0 Å². The Morgan fingerprint density at radius 1 is 1.10 bits per heavy atom. The van der Waals surface area contributed by atoms with E-state index >= 15 is 0 Å². The normalized spacial score (nSPS) is 34.8. The van der Waals surface area contributed by atoms with E-state index < -0.39 is 6.63 Å². The van der Waals surface area contributed by atoms with Crippen molar-refractivity contribution in [3.05, 3.63) is 0 Å². The lowest BCUT2D eigenvalue weighted by atomic mass is 9.91. The van der Waals surface area contributed by atoms with Gasteiger partial charge in [0.15, 0.2) is 0 Å². The first-order valence-corrected chi connectivity index (χ1v) is 7.03. The van der Waals surface area contributed by atoms with Gasteiger partial charge in [-0.05, 0) is 18.8 Å². The summed E-state index contributed by atoms with van der Waals surface area (Å²) in [4.78, 5) is 0. The van der Waals surface area contributed by atoms with E-state index in [-0.39, 0.29) is 0 Å². The van der Waals surface area contributed by atoms with Gasteiger partial charge in [0.05, 0.1) is 6.63 Å². The molecule has 0 unspecified atom stereocenters. The molecule has 0 heterocycles. The summed E-state index contributed by atoms with van der Waals surface area (Å²) >= 11 is 11.7. The van der Waals surface area contributed by atoms with Crippen LogP contribution in [0.4, 0.5) is 0 Å². The molecule has 0 spiro atoms. The van der Waals surface area contributed by atoms with E-state index in [1.54, 1.807) is 0 Å². The maximum Gasteiger partial charge on any atom is 0.0886 e. The molecule has 60 valence electrons. The molecular weight excluding hydrogens is 186 g/mol. The summed E-state index contributed by atoms with van der Waals surface area (Å²) in [5.74, 6) is 0.902. The van der Waals surface area contributed by atoms with E-state index in [2.05, 4.69) is 6.92 Å². The van der Waals surface area contributed by atoms with E-state index in [1.165, 1.54) is 25.7 Å². The highest BCUT2D eigenvalue weighted by Crippen LogP contribution is 2.56. The van der Waals surface area contributed by atoms with Crippen LogP contribution in [0, 0.1) is 5.92 Å². The van der Waals surface area contributed by atoms with Crippen molar-refractivity contribution in [1.82, 2.24) is 0 Å². The van der Waals surface area contributed by atoms with Crippen LogP contribution < -0.4 is 0 Å². The predicted molar refractivity (Wildman–Crippen MR) is 50.0 cm³/mol. The molecule has 1 saturated carbocycles. The molecule has 1 aliphatic carbocycles. The Morgan fingerprint density at radius 2 is 1.60 bits per heavy atom. The molecule has 3 heteroatoms. The minimum Gasteiger partial charge on any atom is -0.0778 e. The summed E-state index contributed by atoms with van der Waals surface area (Å²) in [6.45, 7) is 1.61. The van der Waals surface area contributed by atoms with Crippen molar-refractivity contribution in [3.8, 4) is 0 Å². The Bertz CT molecular complexity index is 97.8. The first-order valence-electron chi connectivity index (χ1n) is 3.81. The van der Waals surface area contributed by atoms with Gasteiger partial charge in [0.1, 0.15) is 0 Å². The first-order chi connectivity index (χ1) is 4.70. The summed E-state index contributed by atoms with van der Waals surface area (Å²) in [5.41, 5.74) is 0.634. The van der Waals surface area contributed by atoms with Crippen molar-refractivity contribution < 1.29 is 0 Å². The van der Waals surface area contributed by atoms with Gasteiger partial charge in [0, 0.05) is 5.66 Å². The smallest absolute Gasteiger partial charge is 0.0778 e. The topological polar surface area (TPSA) is 0 Å². The number of hydrogen-bond donors (Lipinski definition) is 0. The number of rotatable bonds is 1. The Hall–Kier alpha value is 1.01. The summed E-state index contributed by atoms with van der Waals surface area (Å²) < 4.78 is 0. The fourth-order valence-corrected chi connectivity index (χ4v) is 3.30. The Morgan fingerprint density at radius 3 is 2.00 bits per heavy atom. The van der Waals surface area contributed by atoms with Gasteiger partial charge in [-0.15, -0.1) is 0 Å². The number of halogens is 2. The monoisotopic (exact) mass is 198 g/mol. The van der Waals surface area contributed by atoms with Gasteiger partial charge in [-0.2, -0.15) is 0 Å². The van der Waals surface area contributed by atoms with Gasteiger partial charge in [0.25, 0.3) is 0 Å². The standard InChI is InChI=1S/C7H13Cl2P/c1-6-2-4-7(5-3-6)10(8)9/h6-7H,2-5H2,1H3. The van der Waals surface area contributed by atoms with Crippen molar-refractivity contribution in [3.63, 3.8) is 0 Å². The Balaban J connectivity index is 2.26. The van der Waals surface area contributed by atoms with Crippen LogP contribution in [0.3, 0.4) is 0 Å². The molecule has 10 heavy (non-hydrogen) atoms. The predicted octanol–water partition coefficient (Wildman–Crippen LogP) is 4.35. The largest absolute Gasteiger partial charge is 0.0886 e. The van der Waals surface area contributed by atoms with Gasteiger partial charge in [-0.25, -0.2) is 0 Å². The van der Waals surface area contributed by atoms with Crippen molar-refractivity contribution in [2.24, 2.45) is 5.92 Å². The quantitative estimate of drug-likeness (QED) is 0.550. The van der Waals surface area contributed by atoms with Crippen molar-refractivity contribution in [1.29, 1.82) is 0 Å². The van der Waals surface area contributed by atoms with Crippen LogP contribution in [0.15, 0.2) is 0 Å². The zero-order valence-electron chi connectivity index (χ0n) is 6.19. The van der Waals surface area contributed by atoms with Crippen molar-refractivity contribution in [2.45, 2.75) is 38.3 Å². The van der Waals surface area contributed by atoms with Crippen LogP contribution in [0.25, 0.3) is 0 Å². The van der Waals surface area contributed by atoms with Crippen molar-refractivity contribution in [2.75, 3.05) is 0 Å². The third-order valence-electron chi connectivity index (χ3n) is 2.26. The molecular formula is C7H13Cl2P. The second-order valence-electron chi connectivity index (χ2n) is 3.17. The van der Waals surface area contributed by atoms with Crippen LogP contribution in [-0.2, 0) is 0 Å². The SMILES string of the molecule is CC1CCC(P(Cl)Cl)CC1. The summed E-state index contributed by atoms with van der Waals surface area (Å²) in [6.07, 6.45) is 5.14. The van der Waals surface area contributed by atoms with Crippen LogP contribution in [0.1, 0.15) is 32.6 Å². The molecule has 0 aliphatic heterocycles. The van der Waals surface area contributed by atoms with Gasteiger partial charge in [-0.3, -0.25) is 0 Å². The molecule has 0 atom stereocenters. The van der Waals surface area contributed by atoms with Crippen LogP contribution in [0.5, 0.6) is 0 Å². The zero-order chi connectivity index (χ0) is 7.56. The number of hydrogen-bond acceptors (Lipinski definition) is 0. The minimum atomic E-state index is -0.693. The summed E-state index contributed by atoms with van der Waals surface area (Å²) in [5, 5.41) is 0. The molecule has 0 nitrogen and oxygen atoms in total.